The summed E-state index contributed by atoms with van der Waals surface area (Å²) >= 11 is 3.27. The fourth-order valence-corrected chi connectivity index (χ4v) is 2.54. The molecule has 25 heavy (non-hydrogen) atoms. The van der Waals surface area contributed by atoms with Gasteiger partial charge in [-0.2, -0.15) is 0 Å². The molecule has 0 fully saturated rings. The van der Waals surface area contributed by atoms with E-state index in [1.54, 1.807) is 42.5 Å². The van der Waals surface area contributed by atoms with Crippen LogP contribution >= 0.6 is 15.9 Å². The van der Waals surface area contributed by atoms with Crippen LogP contribution in [0.2, 0.25) is 0 Å². The van der Waals surface area contributed by atoms with Crippen molar-refractivity contribution in [2.45, 2.75) is 19.9 Å². The number of hydrogen-bond donors (Lipinski definition) is 3. The van der Waals surface area contributed by atoms with Gasteiger partial charge in [-0.1, -0.05) is 29.8 Å². The van der Waals surface area contributed by atoms with E-state index >= 15 is 0 Å². The zero-order chi connectivity index (χ0) is 18.4. The van der Waals surface area contributed by atoms with Crippen LogP contribution in [0.4, 0.5) is 0 Å². The lowest BCUT2D eigenvalue weighted by Crippen LogP contribution is -2.51. The first kappa shape index (κ1) is 18.7. The number of amides is 3. The molecule has 0 aliphatic heterocycles. The van der Waals surface area contributed by atoms with Crippen LogP contribution in [0.25, 0.3) is 0 Å². The Bertz CT molecular complexity index is 808. The first-order valence-corrected chi connectivity index (χ1v) is 8.40. The van der Waals surface area contributed by atoms with Crippen molar-refractivity contribution >= 4 is 33.7 Å². The lowest BCUT2D eigenvalue weighted by atomic mass is 10.1. The summed E-state index contributed by atoms with van der Waals surface area (Å²) in [6, 6.07) is 13.1. The van der Waals surface area contributed by atoms with Gasteiger partial charge in [0.25, 0.3) is 17.7 Å². The standard InChI is InChI=1S/C18H18BrN3O3/c1-11-6-5-7-13(10-11)17(24)20-12(2)16(23)21-22-18(25)14-8-3-4-9-15(14)19/h3-10,12H,1-2H3,(H,20,24)(H,21,23)(H,22,25)/t12-/m0/s1. The molecule has 0 aliphatic rings. The second kappa shape index (κ2) is 8.43. The van der Waals surface area contributed by atoms with Crippen LogP contribution in [0.5, 0.6) is 0 Å². The van der Waals surface area contributed by atoms with E-state index in [1.807, 2.05) is 13.0 Å². The van der Waals surface area contributed by atoms with E-state index < -0.39 is 17.9 Å². The van der Waals surface area contributed by atoms with Crippen LogP contribution in [0.3, 0.4) is 0 Å². The lowest BCUT2D eigenvalue weighted by molar-refractivity contribution is -0.123. The average Bonchev–Trinajstić information content (AvgIpc) is 2.59. The van der Waals surface area contributed by atoms with Crippen LogP contribution in [0.15, 0.2) is 53.0 Å². The summed E-state index contributed by atoms with van der Waals surface area (Å²) < 4.78 is 0.613. The van der Waals surface area contributed by atoms with E-state index in [4.69, 9.17) is 0 Å². The summed E-state index contributed by atoms with van der Waals surface area (Å²) in [4.78, 5) is 36.2. The maximum Gasteiger partial charge on any atom is 0.270 e. The van der Waals surface area contributed by atoms with Gasteiger partial charge in [-0.05, 0) is 54.0 Å². The maximum absolute atomic E-state index is 12.1. The molecular formula is C18H18BrN3O3. The van der Waals surface area contributed by atoms with Crippen LogP contribution < -0.4 is 16.2 Å². The molecular weight excluding hydrogens is 386 g/mol. The minimum Gasteiger partial charge on any atom is -0.340 e. The van der Waals surface area contributed by atoms with Crippen molar-refractivity contribution in [2.75, 3.05) is 0 Å². The molecule has 0 aromatic heterocycles. The molecule has 0 aliphatic carbocycles. The predicted molar refractivity (Wildman–Crippen MR) is 97.9 cm³/mol. The smallest absolute Gasteiger partial charge is 0.270 e. The Balaban J connectivity index is 1.89. The summed E-state index contributed by atoms with van der Waals surface area (Å²) in [5.41, 5.74) is 6.43. The van der Waals surface area contributed by atoms with Crippen molar-refractivity contribution < 1.29 is 14.4 Å². The molecule has 3 N–H and O–H groups in total. The van der Waals surface area contributed by atoms with Crippen molar-refractivity contribution in [3.05, 3.63) is 69.7 Å². The molecule has 3 amide bonds. The fraction of sp³-hybridized carbons (Fsp3) is 0.167. The molecule has 0 spiro atoms. The number of aryl methyl sites for hydroxylation is 1. The van der Waals surface area contributed by atoms with Crippen LogP contribution in [0.1, 0.15) is 33.2 Å². The molecule has 7 heteroatoms. The van der Waals surface area contributed by atoms with Gasteiger partial charge in [0.1, 0.15) is 6.04 Å². The number of carbonyl (C=O) groups is 3. The van der Waals surface area contributed by atoms with Gasteiger partial charge >= 0.3 is 0 Å². The van der Waals surface area contributed by atoms with Crippen LogP contribution in [0, 0.1) is 6.92 Å². The van der Waals surface area contributed by atoms with Crippen LogP contribution in [-0.4, -0.2) is 23.8 Å². The first-order chi connectivity index (χ1) is 11.9. The predicted octanol–water partition coefficient (Wildman–Crippen LogP) is 2.34. The molecule has 0 saturated carbocycles. The molecule has 0 heterocycles. The maximum atomic E-state index is 12.1. The summed E-state index contributed by atoms with van der Waals surface area (Å²) in [7, 11) is 0. The quantitative estimate of drug-likeness (QED) is 0.684. The Morgan fingerprint density at radius 3 is 2.36 bits per heavy atom. The monoisotopic (exact) mass is 403 g/mol. The Labute approximate surface area is 154 Å². The largest absolute Gasteiger partial charge is 0.340 e. The third-order valence-corrected chi connectivity index (χ3v) is 4.13. The van der Waals surface area contributed by atoms with Crippen molar-refractivity contribution in [3.8, 4) is 0 Å². The van der Waals surface area contributed by atoms with E-state index in [-0.39, 0.29) is 5.91 Å². The van der Waals surface area contributed by atoms with Crippen molar-refractivity contribution in [1.82, 2.24) is 16.2 Å². The van der Waals surface area contributed by atoms with Gasteiger partial charge in [0.2, 0.25) is 0 Å². The van der Waals surface area contributed by atoms with Gasteiger partial charge in [-0.15, -0.1) is 0 Å². The topological polar surface area (TPSA) is 87.3 Å². The minimum atomic E-state index is -0.812. The van der Waals surface area contributed by atoms with Crippen molar-refractivity contribution in [2.24, 2.45) is 0 Å². The van der Waals surface area contributed by atoms with E-state index in [0.717, 1.165) is 5.56 Å². The zero-order valence-corrected chi connectivity index (χ0v) is 15.4. The third-order valence-electron chi connectivity index (χ3n) is 3.44. The van der Waals surface area contributed by atoms with Gasteiger partial charge in [-0.25, -0.2) is 0 Å². The molecule has 6 nitrogen and oxygen atoms in total. The second-order valence-electron chi connectivity index (χ2n) is 5.49. The van der Waals surface area contributed by atoms with Crippen molar-refractivity contribution in [3.63, 3.8) is 0 Å². The molecule has 0 unspecified atom stereocenters. The number of hydrazine groups is 1. The van der Waals surface area contributed by atoms with Gasteiger partial charge in [0, 0.05) is 10.0 Å². The lowest BCUT2D eigenvalue weighted by Gasteiger charge is -2.15. The number of benzene rings is 2. The minimum absolute atomic E-state index is 0.358. The Hall–Kier alpha value is -2.67. The summed E-state index contributed by atoms with van der Waals surface area (Å²) in [5, 5.41) is 2.59. The van der Waals surface area contributed by atoms with Crippen LogP contribution in [-0.2, 0) is 4.79 Å². The molecule has 2 aromatic rings. The van der Waals surface area contributed by atoms with Crippen molar-refractivity contribution in [1.29, 1.82) is 0 Å². The number of halogens is 1. The summed E-state index contributed by atoms with van der Waals surface area (Å²) in [6.45, 7) is 3.41. The normalized spacial score (nSPS) is 11.3. The average molecular weight is 404 g/mol. The summed E-state index contributed by atoms with van der Waals surface area (Å²) in [5.74, 6) is -1.34. The highest BCUT2D eigenvalue weighted by atomic mass is 79.9. The highest BCUT2D eigenvalue weighted by Gasteiger charge is 2.18. The van der Waals surface area contributed by atoms with Gasteiger partial charge < -0.3 is 5.32 Å². The highest BCUT2D eigenvalue weighted by Crippen LogP contribution is 2.15. The molecule has 1 atom stereocenters. The molecule has 2 rings (SSSR count). The molecule has 0 radical (unpaired) electrons. The van der Waals surface area contributed by atoms with E-state index in [2.05, 4.69) is 32.1 Å². The van der Waals surface area contributed by atoms with Gasteiger partial charge in [-0.3, -0.25) is 25.2 Å². The molecule has 0 saturated heterocycles. The number of rotatable bonds is 4. The Morgan fingerprint density at radius 2 is 1.68 bits per heavy atom. The number of carbonyl (C=O) groups excluding carboxylic acids is 3. The Morgan fingerprint density at radius 1 is 0.960 bits per heavy atom. The highest BCUT2D eigenvalue weighted by molar-refractivity contribution is 9.10. The molecule has 130 valence electrons. The van der Waals surface area contributed by atoms with Gasteiger partial charge in [0.15, 0.2) is 0 Å². The van der Waals surface area contributed by atoms with Gasteiger partial charge in [0.05, 0.1) is 5.56 Å². The fourth-order valence-electron chi connectivity index (χ4n) is 2.07. The number of hydrogen-bond acceptors (Lipinski definition) is 3. The first-order valence-electron chi connectivity index (χ1n) is 7.60. The molecule has 0 bridgehead atoms. The summed E-state index contributed by atoms with van der Waals surface area (Å²) in [6.07, 6.45) is 0. The third kappa shape index (κ3) is 5.15. The second-order valence-corrected chi connectivity index (χ2v) is 6.34. The zero-order valence-electron chi connectivity index (χ0n) is 13.8. The van der Waals surface area contributed by atoms with E-state index in [0.29, 0.717) is 15.6 Å². The SMILES string of the molecule is Cc1cccc(C(=O)N[C@@H](C)C(=O)NNC(=O)c2ccccc2Br)c1. The number of nitrogens with one attached hydrogen (secondary N) is 3. The van der Waals surface area contributed by atoms with E-state index in [1.165, 1.54) is 6.92 Å². The van der Waals surface area contributed by atoms with E-state index in [9.17, 15) is 14.4 Å². The Kier molecular flexibility index (Phi) is 6.30. The molecule has 2 aromatic carbocycles.